The Morgan fingerprint density at radius 3 is 2.89 bits per heavy atom. The highest BCUT2D eigenvalue weighted by molar-refractivity contribution is 9.10. The molecule has 0 unspecified atom stereocenters. The first-order valence-electron chi connectivity index (χ1n) is 5.35. The standard InChI is InChI=1S/C13H13BrN2O2/c1-8(2)7-17-12-4-3-9(5-11(12)14)10-6-16-18-13(10)15/h3-6H,1,7,15H2,2H3. The Bertz CT molecular complexity index is 578. The van der Waals surface area contributed by atoms with Gasteiger partial charge in [0.15, 0.2) is 0 Å². The second kappa shape index (κ2) is 5.27. The van der Waals surface area contributed by atoms with E-state index in [4.69, 9.17) is 15.0 Å². The number of nitrogen functional groups attached to an aromatic ring is 1. The van der Waals surface area contributed by atoms with E-state index < -0.39 is 0 Å². The predicted molar refractivity (Wildman–Crippen MR) is 74.4 cm³/mol. The zero-order chi connectivity index (χ0) is 13.1. The highest BCUT2D eigenvalue weighted by Gasteiger charge is 2.09. The maximum absolute atomic E-state index is 5.67. The molecule has 0 saturated heterocycles. The van der Waals surface area contributed by atoms with E-state index in [1.165, 1.54) is 0 Å². The largest absolute Gasteiger partial charge is 0.488 e. The third-order valence-corrected chi connectivity index (χ3v) is 2.93. The van der Waals surface area contributed by atoms with Crippen LogP contribution in [0.3, 0.4) is 0 Å². The Kier molecular flexibility index (Phi) is 3.72. The lowest BCUT2D eigenvalue weighted by atomic mass is 10.1. The summed E-state index contributed by atoms with van der Waals surface area (Å²) in [6, 6.07) is 5.69. The summed E-state index contributed by atoms with van der Waals surface area (Å²) < 4.78 is 11.3. The number of nitrogens with two attached hydrogens (primary N) is 1. The molecule has 0 spiro atoms. The zero-order valence-electron chi connectivity index (χ0n) is 9.94. The second-order valence-electron chi connectivity index (χ2n) is 3.99. The average molecular weight is 309 g/mol. The molecule has 0 aliphatic carbocycles. The van der Waals surface area contributed by atoms with Gasteiger partial charge in [0, 0.05) is 0 Å². The molecule has 0 radical (unpaired) electrons. The molecule has 2 rings (SSSR count). The SMILES string of the molecule is C=C(C)COc1ccc(-c2cnoc2N)cc1Br. The van der Waals surface area contributed by atoms with E-state index in [1.54, 1.807) is 6.20 Å². The zero-order valence-corrected chi connectivity index (χ0v) is 11.5. The van der Waals surface area contributed by atoms with Gasteiger partial charge in [0.2, 0.25) is 5.88 Å². The van der Waals surface area contributed by atoms with E-state index in [2.05, 4.69) is 27.7 Å². The van der Waals surface area contributed by atoms with Crippen molar-refractivity contribution in [2.24, 2.45) is 0 Å². The van der Waals surface area contributed by atoms with Crippen molar-refractivity contribution in [1.29, 1.82) is 0 Å². The average Bonchev–Trinajstić information content (AvgIpc) is 2.73. The third kappa shape index (κ3) is 2.73. The predicted octanol–water partition coefficient (Wildman–Crippen LogP) is 3.64. The van der Waals surface area contributed by atoms with Crippen molar-refractivity contribution in [3.8, 4) is 16.9 Å². The molecule has 0 aliphatic rings. The molecule has 0 fully saturated rings. The van der Waals surface area contributed by atoms with E-state index in [9.17, 15) is 0 Å². The number of ether oxygens (including phenoxy) is 1. The Hall–Kier alpha value is -1.75. The fraction of sp³-hybridized carbons (Fsp3) is 0.154. The Morgan fingerprint density at radius 1 is 1.56 bits per heavy atom. The van der Waals surface area contributed by atoms with Crippen LogP contribution in [0.15, 0.2) is 45.5 Å². The van der Waals surface area contributed by atoms with Gasteiger partial charge in [-0.2, -0.15) is 0 Å². The van der Waals surface area contributed by atoms with Gasteiger partial charge in [0.05, 0.1) is 16.2 Å². The molecule has 0 aliphatic heterocycles. The first-order valence-corrected chi connectivity index (χ1v) is 6.14. The summed E-state index contributed by atoms with van der Waals surface area (Å²) in [7, 11) is 0. The molecule has 2 aromatic rings. The molecule has 1 heterocycles. The van der Waals surface area contributed by atoms with Gasteiger partial charge in [-0.1, -0.05) is 17.8 Å². The van der Waals surface area contributed by atoms with Crippen LogP contribution in [0.25, 0.3) is 11.1 Å². The quantitative estimate of drug-likeness (QED) is 0.876. The van der Waals surface area contributed by atoms with Crippen molar-refractivity contribution in [2.75, 3.05) is 12.3 Å². The number of hydrogen-bond donors (Lipinski definition) is 1. The van der Waals surface area contributed by atoms with Crippen molar-refractivity contribution in [3.05, 3.63) is 41.0 Å². The summed E-state index contributed by atoms with van der Waals surface area (Å²) in [4.78, 5) is 0. The number of anilines is 1. The van der Waals surface area contributed by atoms with E-state index in [-0.39, 0.29) is 0 Å². The van der Waals surface area contributed by atoms with Crippen LogP contribution in [0.2, 0.25) is 0 Å². The van der Waals surface area contributed by atoms with E-state index in [0.717, 1.165) is 26.9 Å². The number of benzene rings is 1. The molecule has 1 aromatic carbocycles. The summed E-state index contributed by atoms with van der Waals surface area (Å²) in [5.41, 5.74) is 8.32. The Balaban J connectivity index is 2.25. The molecular weight excluding hydrogens is 296 g/mol. The van der Waals surface area contributed by atoms with Crippen LogP contribution in [-0.4, -0.2) is 11.8 Å². The second-order valence-corrected chi connectivity index (χ2v) is 4.85. The lowest BCUT2D eigenvalue weighted by molar-refractivity contribution is 0.350. The Labute approximate surface area is 114 Å². The lowest BCUT2D eigenvalue weighted by Gasteiger charge is -2.09. The third-order valence-electron chi connectivity index (χ3n) is 2.32. The van der Waals surface area contributed by atoms with Crippen LogP contribution >= 0.6 is 15.9 Å². The van der Waals surface area contributed by atoms with Gasteiger partial charge >= 0.3 is 0 Å². The highest BCUT2D eigenvalue weighted by atomic mass is 79.9. The summed E-state index contributed by atoms with van der Waals surface area (Å²) in [5, 5.41) is 3.65. The summed E-state index contributed by atoms with van der Waals surface area (Å²) in [6.07, 6.45) is 1.59. The van der Waals surface area contributed by atoms with Crippen LogP contribution in [0, 0.1) is 0 Å². The van der Waals surface area contributed by atoms with Crippen molar-refractivity contribution in [3.63, 3.8) is 0 Å². The summed E-state index contributed by atoms with van der Waals surface area (Å²) >= 11 is 3.46. The molecule has 0 atom stereocenters. The Morgan fingerprint density at radius 2 is 2.33 bits per heavy atom. The molecule has 94 valence electrons. The molecule has 5 heteroatoms. The minimum Gasteiger partial charge on any atom is -0.488 e. The minimum atomic E-state index is 0.303. The number of hydrogen-bond acceptors (Lipinski definition) is 4. The number of halogens is 1. The first-order chi connectivity index (χ1) is 8.58. The molecule has 0 amide bonds. The number of nitrogens with zero attached hydrogens (tertiary/aromatic N) is 1. The smallest absolute Gasteiger partial charge is 0.229 e. The molecule has 1 aromatic heterocycles. The molecule has 18 heavy (non-hydrogen) atoms. The van der Waals surface area contributed by atoms with Gasteiger partial charge in [-0.05, 0) is 46.1 Å². The fourth-order valence-corrected chi connectivity index (χ4v) is 1.95. The van der Waals surface area contributed by atoms with Gasteiger partial charge < -0.3 is 15.0 Å². The van der Waals surface area contributed by atoms with Crippen LogP contribution in [0.5, 0.6) is 5.75 Å². The van der Waals surface area contributed by atoms with Crippen LogP contribution in [0.4, 0.5) is 5.88 Å². The van der Waals surface area contributed by atoms with Crippen molar-refractivity contribution in [2.45, 2.75) is 6.92 Å². The van der Waals surface area contributed by atoms with E-state index >= 15 is 0 Å². The molecule has 2 N–H and O–H groups in total. The van der Waals surface area contributed by atoms with Gasteiger partial charge in [-0.25, -0.2) is 0 Å². The monoisotopic (exact) mass is 308 g/mol. The summed E-state index contributed by atoms with van der Waals surface area (Å²) in [6.45, 7) is 6.20. The van der Waals surface area contributed by atoms with Crippen LogP contribution in [-0.2, 0) is 0 Å². The lowest BCUT2D eigenvalue weighted by Crippen LogP contribution is -1.98. The van der Waals surface area contributed by atoms with Gasteiger partial charge in [0.1, 0.15) is 12.4 Å². The topological polar surface area (TPSA) is 61.3 Å². The fourth-order valence-electron chi connectivity index (χ4n) is 1.45. The van der Waals surface area contributed by atoms with E-state index in [1.807, 2.05) is 25.1 Å². The van der Waals surface area contributed by atoms with Crippen LogP contribution in [0.1, 0.15) is 6.92 Å². The number of rotatable bonds is 4. The van der Waals surface area contributed by atoms with Crippen molar-refractivity contribution in [1.82, 2.24) is 5.16 Å². The molecule has 0 bridgehead atoms. The number of aromatic nitrogens is 1. The molecule has 0 saturated carbocycles. The van der Waals surface area contributed by atoms with E-state index in [0.29, 0.717) is 12.5 Å². The van der Waals surface area contributed by atoms with Gasteiger partial charge in [0.25, 0.3) is 0 Å². The maximum atomic E-state index is 5.67. The van der Waals surface area contributed by atoms with Crippen molar-refractivity contribution >= 4 is 21.8 Å². The van der Waals surface area contributed by atoms with Crippen LogP contribution < -0.4 is 10.5 Å². The normalized spacial score (nSPS) is 10.3. The van der Waals surface area contributed by atoms with Gasteiger partial charge in [-0.15, -0.1) is 0 Å². The first kappa shape index (κ1) is 12.7. The van der Waals surface area contributed by atoms with Gasteiger partial charge in [-0.3, -0.25) is 0 Å². The maximum Gasteiger partial charge on any atom is 0.229 e. The molecular formula is C13H13BrN2O2. The molecule has 4 nitrogen and oxygen atoms in total. The van der Waals surface area contributed by atoms with Crippen molar-refractivity contribution < 1.29 is 9.26 Å². The summed E-state index contributed by atoms with van der Waals surface area (Å²) in [5.74, 6) is 1.06. The highest BCUT2D eigenvalue weighted by Crippen LogP contribution is 2.33. The minimum absolute atomic E-state index is 0.303.